The van der Waals surface area contributed by atoms with E-state index in [1.807, 2.05) is 0 Å². The minimum Gasteiger partial charge on any atom is -0.481 e. The predicted octanol–water partition coefficient (Wildman–Crippen LogP) is 0.707. The number of hydrogen-bond donors (Lipinski definition) is 2. The molecular formula is C8H15NO2. The first-order chi connectivity index (χ1) is 5.02. The Kier molecular flexibility index (Phi) is 2.18. The number of carboxylic acids is 1. The van der Waals surface area contributed by atoms with E-state index in [-0.39, 0.29) is 5.41 Å². The van der Waals surface area contributed by atoms with E-state index < -0.39 is 5.97 Å². The second-order valence-electron chi connectivity index (χ2n) is 3.91. The van der Waals surface area contributed by atoms with Crippen LogP contribution >= 0.6 is 0 Å². The van der Waals surface area contributed by atoms with Gasteiger partial charge in [0.1, 0.15) is 0 Å². The molecule has 64 valence electrons. The zero-order valence-electron chi connectivity index (χ0n) is 7.05. The summed E-state index contributed by atoms with van der Waals surface area (Å²) in [6, 6.07) is 0. The van der Waals surface area contributed by atoms with Gasteiger partial charge in [0.2, 0.25) is 0 Å². The summed E-state index contributed by atoms with van der Waals surface area (Å²) in [5.41, 5.74) is 0.151. The van der Waals surface area contributed by atoms with Gasteiger partial charge in [-0.2, -0.15) is 0 Å². The summed E-state index contributed by atoms with van der Waals surface area (Å²) in [7, 11) is 0. The van der Waals surface area contributed by atoms with Crippen molar-refractivity contribution in [2.24, 2.45) is 11.3 Å². The molecule has 1 aliphatic rings. The SMILES string of the molecule is CC1(C)CNCC1CC(=O)O. The van der Waals surface area contributed by atoms with Crippen LogP contribution in [0.4, 0.5) is 0 Å². The van der Waals surface area contributed by atoms with Gasteiger partial charge in [0, 0.05) is 13.0 Å². The monoisotopic (exact) mass is 157 g/mol. The zero-order valence-corrected chi connectivity index (χ0v) is 7.05. The van der Waals surface area contributed by atoms with E-state index in [1.165, 1.54) is 0 Å². The van der Waals surface area contributed by atoms with Gasteiger partial charge in [-0.15, -0.1) is 0 Å². The summed E-state index contributed by atoms with van der Waals surface area (Å²) in [6.07, 6.45) is 0.292. The molecule has 0 bridgehead atoms. The van der Waals surface area contributed by atoms with Crippen LogP contribution in [0.15, 0.2) is 0 Å². The molecular weight excluding hydrogens is 142 g/mol. The number of rotatable bonds is 2. The molecule has 3 heteroatoms. The third-order valence-electron chi connectivity index (χ3n) is 2.50. The molecule has 1 fully saturated rings. The average molecular weight is 157 g/mol. The molecule has 1 atom stereocenters. The lowest BCUT2D eigenvalue weighted by Crippen LogP contribution is -2.24. The van der Waals surface area contributed by atoms with E-state index >= 15 is 0 Å². The smallest absolute Gasteiger partial charge is 0.303 e. The molecule has 0 aromatic heterocycles. The topological polar surface area (TPSA) is 49.3 Å². The van der Waals surface area contributed by atoms with Crippen molar-refractivity contribution in [1.29, 1.82) is 0 Å². The Bertz CT molecular complexity index is 165. The van der Waals surface area contributed by atoms with E-state index in [0.29, 0.717) is 12.3 Å². The highest BCUT2D eigenvalue weighted by molar-refractivity contribution is 5.67. The number of carboxylic acid groups (broad SMARTS) is 1. The Morgan fingerprint density at radius 3 is 2.73 bits per heavy atom. The fourth-order valence-corrected chi connectivity index (χ4v) is 1.55. The Labute approximate surface area is 66.8 Å². The maximum atomic E-state index is 10.4. The summed E-state index contributed by atoms with van der Waals surface area (Å²) in [4.78, 5) is 10.4. The number of hydrogen-bond acceptors (Lipinski definition) is 2. The van der Waals surface area contributed by atoms with Crippen LogP contribution in [0.25, 0.3) is 0 Å². The van der Waals surface area contributed by atoms with Crippen molar-refractivity contribution in [1.82, 2.24) is 5.32 Å². The molecule has 11 heavy (non-hydrogen) atoms. The lowest BCUT2D eigenvalue weighted by Gasteiger charge is -2.23. The Morgan fingerprint density at radius 1 is 1.73 bits per heavy atom. The first-order valence-corrected chi connectivity index (χ1v) is 3.95. The highest BCUT2D eigenvalue weighted by Gasteiger charge is 2.35. The predicted molar refractivity (Wildman–Crippen MR) is 42.4 cm³/mol. The molecule has 1 unspecified atom stereocenters. The van der Waals surface area contributed by atoms with Crippen LogP contribution in [0, 0.1) is 11.3 Å². The third-order valence-corrected chi connectivity index (χ3v) is 2.50. The largest absolute Gasteiger partial charge is 0.481 e. The molecule has 3 nitrogen and oxygen atoms in total. The minimum atomic E-state index is -0.688. The van der Waals surface area contributed by atoms with E-state index in [0.717, 1.165) is 13.1 Å². The Balaban J connectivity index is 2.51. The van der Waals surface area contributed by atoms with Crippen LogP contribution in [0.2, 0.25) is 0 Å². The van der Waals surface area contributed by atoms with Gasteiger partial charge in [-0.05, 0) is 17.9 Å². The molecule has 0 aliphatic carbocycles. The quantitative estimate of drug-likeness (QED) is 0.620. The zero-order chi connectivity index (χ0) is 8.48. The van der Waals surface area contributed by atoms with E-state index in [1.54, 1.807) is 0 Å². The molecule has 1 rings (SSSR count). The second kappa shape index (κ2) is 2.81. The van der Waals surface area contributed by atoms with Crippen molar-refractivity contribution in [2.45, 2.75) is 20.3 Å². The van der Waals surface area contributed by atoms with Gasteiger partial charge in [0.15, 0.2) is 0 Å². The highest BCUT2D eigenvalue weighted by atomic mass is 16.4. The molecule has 0 saturated carbocycles. The summed E-state index contributed by atoms with van der Waals surface area (Å²) < 4.78 is 0. The summed E-state index contributed by atoms with van der Waals surface area (Å²) in [5, 5.41) is 11.8. The van der Waals surface area contributed by atoms with Gasteiger partial charge < -0.3 is 10.4 Å². The molecule has 0 aromatic rings. The Morgan fingerprint density at radius 2 is 2.36 bits per heavy atom. The van der Waals surface area contributed by atoms with Crippen molar-refractivity contribution >= 4 is 5.97 Å². The van der Waals surface area contributed by atoms with Gasteiger partial charge in [-0.25, -0.2) is 0 Å². The van der Waals surface area contributed by atoms with Crippen molar-refractivity contribution in [2.75, 3.05) is 13.1 Å². The van der Waals surface area contributed by atoms with E-state index in [9.17, 15) is 4.79 Å². The summed E-state index contributed by atoms with van der Waals surface area (Å²) in [6.45, 7) is 6.01. The van der Waals surface area contributed by atoms with E-state index in [2.05, 4.69) is 19.2 Å². The minimum absolute atomic E-state index is 0.151. The molecule has 1 saturated heterocycles. The van der Waals surface area contributed by atoms with Crippen molar-refractivity contribution in [3.05, 3.63) is 0 Å². The second-order valence-corrected chi connectivity index (χ2v) is 3.91. The average Bonchev–Trinajstić information content (AvgIpc) is 2.10. The first-order valence-electron chi connectivity index (χ1n) is 3.95. The van der Waals surface area contributed by atoms with Gasteiger partial charge in [0.25, 0.3) is 0 Å². The molecule has 0 radical (unpaired) electrons. The maximum absolute atomic E-state index is 10.4. The van der Waals surface area contributed by atoms with Crippen LogP contribution in [0.3, 0.4) is 0 Å². The van der Waals surface area contributed by atoms with Gasteiger partial charge >= 0.3 is 5.97 Å². The van der Waals surface area contributed by atoms with Gasteiger partial charge in [-0.1, -0.05) is 13.8 Å². The van der Waals surface area contributed by atoms with Crippen LogP contribution in [0.1, 0.15) is 20.3 Å². The van der Waals surface area contributed by atoms with Crippen LogP contribution in [-0.2, 0) is 4.79 Å². The third kappa shape index (κ3) is 1.93. The fourth-order valence-electron chi connectivity index (χ4n) is 1.55. The summed E-state index contributed by atoms with van der Waals surface area (Å²) >= 11 is 0. The molecule has 2 N–H and O–H groups in total. The van der Waals surface area contributed by atoms with Gasteiger partial charge in [0.05, 0.1) is 0 Å². The van der Waals surface area contributed by atoms with Crippen LogP contribution in [0.5, 0.6) is 0 Å². The standard InChI is InChI=1S/C8H15NO2/c1-8(2)5-9-4-6(8)3-7(10)11/h6,9H,3-5H2,1-2H3,(H,10,11). The fraction of sp³-hybridized carbons (Fsp3) is 0.875. The maximum Gasteiger partial charge on any atom is 0.303 e. The molecule has 0 amide bonds. The highest BCUT2D eigenvalue weighted by Crippen LogP contribution is 2.32. The number of nitrogens with one attached hydrogen (secondary N) is 1. The lowest BCUT2D eigenvalue weighted by molar-refractivity contribution is -0.138. The number of aliphatic carboxylic acids is 1. The molecule has 0 spiro atoms. The molecule has 1 aliphatic heterocycles. The summed E-state index contributed by atoms with van der Waals surface area (Å²) in [5.74, 6) is -0.397. The van der Waals surface area contributed by atoms with Crippen molar-refractivity contribution in [3.8, 4) is 0 Å². The van der Waals surface area contributed by atoms with E-state index in [4.69, 9.17) is 5.11 Å². The van der Waals surface area contributed by atoms with Crippen molar-refractivity contribution < 1.29 is 9.90 Å². The van der Waals surface area contributed by atoms with Gasteiger partial charge in [-0.3, -0.25) is 4.79 Å². The normalized spacial score (nSPS) is 28.7. The first kappa shape index (κ1) is 8.53. The van der Waals surface area contributed by atoms with Crippen LogP contribution < -0.4 is 5.32 Å². The number of carbonyl (C=O) groups is 1. The molecule has 1 heterocycles. The molecule has 0 aromatic carbocycles. The Hall–Kier alpha value is -0.570. The lowest BCUT2D eigenvalue weighted by atomic mass is 9.80. The van der Waals surface area contributed by atoms with Crippen molar-refractivity contribution in [3.63, 3.8) is 0 Å². The van der Waals surface area contributed by atoms with Crippen LogP contribution in [-0.4, -0.2) is 24.2 Å².